The Kier molecular flexibility index (Phi) is 4.21. The summed E-state index contributed by atoms with van der Waals surface area (Å²) in [7, 11) is 0. The highest BCUT2D eigenvalue weighted by Gasteiger charge is 2.11. The molecule has 0 fully saturated rings. The monoisotopic (exact) mass is 209 g/mol. The maximum atomic E-state index is 5.74. The van der Waals surface area contributed by atoms with E-state index in [1.54, 1.807) is 0 Å². The van der Waals surface area contributed by atoms with E-state index in [4.69, 9.17) is 5.73 Å². The summed E-state index contributed by atoms with van der Waals surface area (Å²) < 4.78 is 2.13. The lowest BCUT2D eigenvalue weighted by molar-refractivity contribution is 0.402. The molecule has 1 rings (SSSR count). The predicted molar refractivity (Wildman–Crippen MR) is 65.5 cm³/mol. The minimum Gasteiger partial charge on any atom is -0.330 e. The number of aromatic nitrogens is 1. The smallest absolute Gasteiger partial charge is 0.0366 e. The summed E-state index contributed by atoms with van der Waals surface area (Å²) in [5, 5.41) is 0. The molecule has 0 aliphatic carbocycles. The molecule has 1 unspecified atom stereocenters. The molecule has 3 N–H and O–H groups in total. The average Bonchev–Trinajstić information content (AvgIpc) is 2.49. The minimum atomic E-state index is 0.534. The van der Waals surface area contributed by atoms with Crippen LogP contribution in [0.1, 0.15) is 25.2 Å². The SMILES string of the molecule is Cc1ccc(C)n1NCC(CN)C(C)C. The zero-order valence-corrected chi connectivity index (χ0v) is 10.2. The van der Waals surface area contributed by atoms with Crippen molar-refractivity contribution in [1.29, 1.82) is 0 Å². The quantitative estimate of drug-likeness (QED) is 0.777. The molecule has 0 spiro atoms. The Labute approximate surface area is 92.6 Å². The number of rotatable bonds is 5. The molecule has 0 bridgehead atoms. The first-order valence-electron chi connectivity index (χ1n) is 5.65. The molecule has 1 aromatic rings. The van der Waals surface area contributed by atoms with Crippen LogP contribution in [0, 0.1) is 25.7 Å². The number of hydrogen-bond donors (Lipinski definition) is 2. The zero-order valence-electron chi connectivity index (χ0n) is 10.2. The Hall–Kier alpha value is -0.960. The van der Waals surface area contributed by atoms with Gasteiger partial charge in [0.25, 0.3) is 0 Å². The molecule has 0 amide bonds. The molecule has 0 radical (unpaired) electrons. The van der Waals surface area contributed by atoms with Gasteiger partial charge in [0.05, 0.1) is 0 Å². The van der Waals surface area contributed by atoms with Crippen molar-refractivity contribution in [3.63, 3.8) is 0 Å². The zero-order chi connectivity index (χ0) is 11.4. The van der Waals surface area contributed by atoms with E-state index in [2.05, 4.69) is 49.9 Å². The van der Waals surface area contributed by atoms with Gasteiger partial charge in [-0.1, -0.05) is 13.8 Å². The van der Waals surface area contributed by atoms with E-state index in [0.717, 1.165) is 13.1 Å². The first-order chi connectivity index (χ1) is 7.06. The number of hydrogen-bond acceptors (Lipinski definition) is 2. The van der Waals surface area contributed by atoms with E-state index in [1.807, 2.05) is 0 Å². The Morgan fingerprint density at radius 2 is 1.80 bits per heavy atom. The van der Waals surface area contributed by atoms with Crippen LogP contribution in [0.15, 0.2) is 12.1 Å². The van der Waals surface area contributed by atoms with Crippen molar-refractivity contribution in [3.05, 3.63) is 23.5 Å². The van der Waals surface area contributed by atoms with Gasteiger partial charge in [0, 0.05) is 17.9 Å². The molecule has 0 aliphatic rings. The molecule has 86 valence electrons. The number of nitrogens with zero attached hydrogens (tertiary/aromatic N) is 1. The van der Waals surface area contributed by atoms with Crippen molar-refractivity contribution in [2.24, 2.45) is 17.6 Å². The Morgan fingerprint density at radius 3 is 2.20 bits per heavy atom. The fourth-order valence-corrected chi connectivity index (χ4v) is 1.72. The van der Waals surface area contributed by atoms with Crippen molar-refractivity contribution in [2.45, 2.75) is 27.7 Å². The molecule has 1 atom stereocenters. The molecular formula is C12H23N3. The lowest BCUT2D eigenvalue weighted by Gasteiger charge is -2.21. The van der Waals surface area contributed by atoms with E-state index in [-0.39, 0.29) is 0 Å². The molecule has 15 heavy (non-hydrogen) atoms. The van der Waals surface area contributed by atoms with Gasteiger partial charge in [-0.25, -0.2) is 0 Å². The lowest BCUT2D eigenvalue weighted by Crippen LogP contribution is -2.31. The van der Waals surface area contributed by atoms with Crippen LogP contribution in [-0.4, -0.2) is 17.8 Å². The van der Waals surface area contributed by atoms with Gasteiger partial charge < -0.3 is 11.2 Å². The fourth-order valence-electron chi connectivity index (χ4n) is 1.72. The summed E-state index contributed by atoms with van der Waals surface area (Å²) in [4.78, 5) is 0. The highest BCUT2D eigenvalue weighted by molar-refractivity contribution is 5.15. The van der Waals surface area contributed by atoms with Crippen molar-refractivity contribution in [2.75, 3.05) is 18.5 Å². The summed E-state index contributed by atoms with van der Waals surface area (Å²) in [5.74, 6) is 1.16. The summed E-state index contributed by atoms with van der Waals surface area (Å²) in [6.07, 6.45) is 0. The van der Waals surface area contributed by atoms with Crippen molar-refractivity contribution in [1.82, 2.24) is 4.68 Å². The standard InChI is InChI=1S/C12H23N3/c1-9(2)12(7-13)8-14-15-10(3)5-6-11(15)4/h5-6,9,12,14H,7-8,13H2,1-4H3. The highest BCUT2D eigenvalue weighted by atomic mass is 15.4. The van der Waals surface area contributed by atoms with Gasteiger partial charge in [0.15, 0.2) is 0 Å². The second-order valence-electron chi connectivity index (χ2n) is 4.55. The number of nitrogens with one attached hydrogen (secondary N) is 1. The topological polar surface area (TPSA) is 43.0 Å². The van der Waals surface area contributed by atoms with E-state index in [0.29, 0.717) is 11.8 Å². The van der Waals surface area contributed by atoms with Crippen LogP contribution in [0.3, 0.4) is 0 Å². The predicted octanol–water partition coefficient (Wildman–Crippen LogP) is 1.88. The molecule has 1 heterocycles. The third-order valence-electron chi connectivity index (χ3n) is 3.03. The molecule has 3 heteroatoms. The van der Waals surface area contributed by atoms with Crippen LogP contribution in [0.5, 0.6) is 0 Å². The second kappa shape index (κ2) is 5.21. The van der Waals surface area contributed by atoms with E-state index in [9.17, 15) is 0 Å². The maximum Gasteiger partial charge on any atom is 0.0366 e. The van der Waals surface area contributed by atoms with Gasteiger partial charge in [0.2, 0.25) is 0 Å². The molecule has 1 aromatic heterocycles. The molecule has 0 saturated heterocycles. The van der Waals surface area contributed by atoms with Gasteiger partial charge in [-0.15, -0.1) is 0 Å². The summed E-state index contributed by atoms with van der Waals surface area (Å²) in [6.45, 7) is 10.3. The van der Waals surface area contributed by atoms with Crippen molar-refractivity contribution < 1.29 is 0 Å². The van der Waals surface area contributed by atoms with Crippen molar-refractivity contribution in [3.8, 4) is 0 Å². The Balaban J connectivity index is 2.56. The number of nitrogens with two attached hydrogens (primary N) is 1. The van der Waals surface area contributed by atoms with Gasteiger partial charge in [0.1, 0.15) is 0 Å². The molecular weight excluding hydrogens is 186 g/mol. The van der Waals surface area contributed by atoms with Crippen LogP contribution >= 0.6 is 0 Å². The molecule has 0 saturated carbocycles. The third-order valence-corrected chi connectivity index (χ3v) is 3.03. The first-order valence-corrected chi connectivity index (χ1v) is 5.65. The highest BCUT2D eigenvalue weighted by Crippen LogP contribution is 2.10. The third kappa shape index (κ3) is 2.99. The normalized spacial score (nSPS) is 13.2. The Morgan fingerprint density at radius 1 is 1.27 bits per heavy atom. The van der Waals surface area contributed by atoms with Gasteiger partial charge in [-0.3, -0.25) is 4.68 Å². The molecule has 0 aromatic carbocycles. The summed E-state index contributed by atoms with van der Waals surface area (Å²) >= 11 is 0. The van der Waals surface area contributed by atoms with Crippen LogP contribution in [0.25, 0.3) is 0 Å². The van der Waals surface area contributed by atoms with E-state index in [1.165, 1.54) is 11.4 Å². The number of aryl methyl sites for hydroxylation is 2. The van der Waals surface area contributed by atoms with Crippen LogP contribution < -0.4 is 11.2 Å². The first kappa shape index (κ1) is 12.1. The molecule has 0 aliphatic heterocycles. The van der Waals surface area contributed by atoms with Crippen LogP contribution in [0.2, 0.25) is 0 Å². The molecule has 3 nitrogen and oxygen atoms in total. The summed E-state index contributed by atoms with van der Waals surface area (Å²) in [5.41, 5.74) is 11.7. The van der Waals surface area contributed by atoms with Gasteiger partial charge >= 0.3 is 0 Å². The van der Waals surface area contributed by atoms with E-state index < -0.39 is 0 Å². The second-order valence-corrected chi connectivity index (χ2v) is 4.55. The van der Waals surface area contributed by atoms with Gasteiger partial charge in [-0.2, -0.15) is 0 Å². The Bertz CT molecular complexity index is 282. The van der Waals surface area contributed by atoms with Crippen molar-refractivity contribution >= 4 is 0 Å². The lowest BCUT2D eigenvalue weighted by atomic mass is 9.96. The van der Waals surface area contributed by atoms with Crippen LogP contribution in [0.4, 0.5) is 0 Å². The minimum absolute atomic E-state index is 0.534. The largest absolute Gasteiger partial charge is 0.330 e. The summed E-state index contributed by atoms with van der Waals surface area (Å²) in [6, 6.07) is 4.24. The van der Waals surface area contributed by atoms with Crippen LogP contribution in [-0.2, 0) is 0 Å². The van der Waals surface area contributed by atoms with E-state index >= 15 is 0 Å². The fraction of sp³-hybridized carbons (Fsp3) is 0.667. The average molecular weight is 209 g/mol. The van der Waals surface area contributed by atoms with Gasteiger partial charge in [-0.05, 0) is 44.4 Å². The maximum absolute atomic E-state index is 5.74.